The number of aromatic nitrogens is 2. The summed E-state index contributed by atoms with van der Waals surface area (Å²) < 4.78 is 5.70. The largest absolute Gasteiger partial charge is 0.490 e. The molecule has 3 aromatic rings. The van der Waals surface area contributed by atoms with E-state index in [0.717, 1.165) is 50.7 Å². The standard InChI is InChI=1S/C23H22N4O3S/c1-12(2)30-19-9-5-14(10-15(19)11-24)21-26-27-22(31-21)20-13(3)4-6-16-17(20)7-8-18(16)25-23(28)29/h4-6,9-10,12,18,25H,7-8H2,1-3H3,(H,28,29). The van der Waals surface area contributed by atoms with Crippen LogP contribution >= 0.6 is 11.3 Å². The predicted octanol–water partition coefficient (Wildman–Crippen LogP) is 5.09. The maximum Gasteiger partial charge on any atom is 0.405 e. The van der Waals surface area contributed by atoms with Gasteiger partial charge in [0.2, 0.25) is 0 Å². The molecular formula is C23H22N4O3S. The third-order valence-electron chi connectivity index (χ3n) is 5.26. The van der Waals surface area contributed by atoms with Gasteiger partial charge in [-0.15, -0.1) is 10.2 Å². The minimum Gasteiger partial charge on any atom is -0.490 e. The molecule has 1 aromatic heterocycles. The molecule has 0 saturated heterocycles. The number of rotatable bonds is 5. The summed E-state index contributed by atoms with van der Waals surface area (Å²) in [5, 5.41) is 31.5. The van der Waals surface area contributed by atoms with Crippen LogP contribution in [-0.4, -0.2) is 27.5 Å². The number of amides is 1. The highest BCUT2D eigenvalue weighted by molar-refractivity contribution is 7.18. The van der Waals surface area contributed by atoms with Crippen LogP contribution in [0.25, 0.3) is 21.1 Å². The third kappa shape index (κ3) is 4.09. The van der Waals surface area contributed by atoms with Crippen molar-refractivity contribution in [2.45, 2.75) is 45.8 Å². The minimum absolute atomic E-state index is 0.0197. The van der Waals surface area contributed by atoms with Crippen LogP contribution in [0.2, 0.25) is 0 Å². The summed E-state index contributed by atoms with van der Waals surface area (Å²) in [4.78, 5) is 11.1. The van der Waals surface area contributed by atoms with Crippen molar-refractivity contribution < 1.29 is 14.6 Å². The fourth-order valence-electron chi connectivity index (χ4n) is 3.97. The highest BCUT2D eigenvalue weighted by atomic mass is 32.1. The van der Waals surface area contributed by atoms with Gasteiger partial charge < -0.3 is 15.2 Å². The number of hydrogen-bond donors (Lipinski definition) is 2. The summed E-state index contributed by atoms with van der Waals surface area (Å²) in [5.41, 5.74) is 5.50. The number of hydrogen-bond acceptors (Lipinski definition) is 6. The highest BCUT2D eigenvalue weighted by Gasteiger charge is 2.28. The average Bonchev–Trinajstić information content (AvgIpc) is 3.35. The Bertz CT molecular complexity index is 1200. The summed E-state index contributed by atoms with van der Waals surface area (Å²) in [6.07, 6.45) is 0.476. The first-order valence-electron chi connectivity index (χ1n) is 10.0. The molecule has 1 atom stereocenters. The third-order valence-corrected chi connectivity index (χ3v) is 6.25. The number of nitriles is 1. The highest BCUT2D eigenvalue weighted by Crippen LogP contribution is 2.42. The van der Waals surface area contributed by atoms with Gasteiger partial charge in [-0.1, -0.05) is 23.5 Å². The van der Waals surface area contributed by atoms with Crippen LogP contribution in [0.1, 0.15) is 48.6 Å². The van der Waals surface area contributed by atoms with E-state index in [0.29, 0.717) is 11.3 Å². The van der Waals surface area contributed by atoms with Gasteiger partial charge >= 0.3 is 6.09 Å². The lowest BCUT2D eigenvalue weighted by atomic mass is 9.98. The van der Waals surface area contributed by atoms with Gasteiger partial charge in [0.25, 0.3) is 0 Å². The molecule has 0 saturated carbocycles. The first kappa shape index (κ1) is 20.8. The van der Waals surface area contributed by atoms with E-state index < -0.39 is 6.09 Å². The molecule has 0 fully saturated rings. The normalized spacial score (nSPS) is 14.9. The first-order valence-corrected chi connectivity index (χ1v) is 10.9. The van der Waals surface area contributed by atoms with Crippen molar-refractivity contribution in [2.24, 2.45) is 0 Å². The van der Waals surface area contributed by atoms with Gasteiger partial charge in [-0.25, -0.2) is 4.79 Å². The van der Waals surface area contributed by atoms with Gasteiger partial charge in [-0.3, -0.25) is 0 Å². The van der Waals surface area contributed by atoms with Crippen molar-refractivity contribution in [3.05, 3.63) is 52.6 Å². The fraction of sp³-hybridized carbons (Fsp3) is 0.304. The number of carbonyl (C=O) groups is 1. The maximum absolute atomic E-state index is 11.1. The summed E-state index contributed by atoms with van der Waals surface area (Å²) >= 11 is 1.46. The van der Waals surface area contributed by atoms with Gasteiger partial charge in [-0.05, 0) is 68.5 Å². The first-order chi connectivity index (χ1) is 14.9. The molecule has 0 bridgehead atoms. The molecule has 31 heavy (non-hydrogen) atoms. The Balaban J connectivity index is 1.70. The van der Waals surface area contributed by atoms with Crippen LogP contribution in [0.5, 0.6) is 5.75 Å². The zero-order valence-corrected chi connectivity index (χ0v) is 18.3. The Morgan fingerprint density at radius 2 is 2.06 bits per heavy atom. The van der Waals surface area contributed by atoms with E-state index in [1.165, 1.54) is 11.3 Å². The Kier molecular flexibility index (Phi) is 5.61. The van der Waals surface area contributed by atoms with E-state index in [1.807, 2.05) is 39.0 Å². The summed E-state index contributed by atoms with van der Waals surface area (Å²) in [5.74, 6) is 0.555. The van der Waals surface area contributed by atoms with Crippen LogP contribution in [0.3, 0.4) is 0 Å². The summed E-state index contributed by atoms with van der Waals surface area (Å²) in [7, 11) is 0. The minimum atomic E-state index is -1.02. The Morgan fingerprint density at radius 1 is 1.29 bits per heavy atom. The van der Waals surface area contributed by atoms with Crippen LogP contribution in [0.15, 0.2) is 30.3 Å². The number of fused-ring (bicyclic) bond motifs is 1. The molecule has 1 aliphatic rings. The second-order valence-electron chi connectivity index (χ2n) is 7.77. The molecule has 1 aliphatic carbocycles. The zero-order valence-electron chi connectivity index (χ0n) is 17.5. The molecule has 1 amide bonds. The monoisotopic (exact) mass is 434 g/mol. The van der Waals surface area contributed by atoms with E-state index in [-0.39, 0.29) is 12.1 Å². The van der Waals surface area contributed by atoms with Crippen molar-refractivity contribution in [3.8, 4) is 33.0 Å². The van der Waals surface area contributed by atoms with Gasteiger partial charge in [-0.2, -0.15) is 5.26 Å². The van der Waals surface area contributed by atoms with Gasteiger partial charge in [0.15, 0.2) is 0 Å². The molecule has 2 aromatic carbocycles. The SMILES string of the molecule is Cc1ccc2c(c1-c1nnc(-c3ccc(OC(C)C)c(C#N)c3)s1)CCC2NC(=O)O. The Hall–Kier alpha value is -3.44. The second kappa shape index (κ2) is 8.36. The molecule has 1 unspecified atom stereocenters. The molecule has 0 spiro atoms. The molecule has 0 aliphatic heterocycles. The summed E-state index contributed by atoms with van der Waals surface area (Å²) in [6.45, 7) is 5.87. The predicted molar refractivity (Wildman–Crippen MR) is 118 cm³/mol. The van der Waals surface area contributed by atoms with Crippen LogP contribution in [0.4, 0.5) is 4.79 Å². The zero-order chi connectivity index (χ0) is 22.1. The molecule has 0 radical (unpaired) electrons. The number of aryl methyl sites for hydroxylation is 1. The van der Waals surface area contributed by atoms with E-state index in [2.05, 4.69) is 21.6 Å². The van der Waals surface area contributed by atoms with Crippen molar-refractivity contribution in [1.82, 2.24) is 15.5 Å². The quantitative estimate of drug-likeness (QED) is 0.579. The van der Waals surface area contributed by atoms with E-state index in [9.17, 15) is 10.1 Å². The smallest absolute Gasteiger partial charge is 0.405 e. The second-order valence-corrected chi connectivity index (χ2v) is 8.75. The summed E-state index contributed by atoms with van der Waals surface area (Å²) in [6, 6.07) is 11.4. The molecule has 1 heterocycles. The van der Waals surface area contributed by atoms with Gasteiger partial charge in [0.1, 0.15) is 21.8 Å². The number of nitrogens with zero attached hydrogens (tertiary/aromatic N) is 3. The molecule has 7 nitrogen and oxygen atoms in total. The molecule has 2 N–H and O–H groups in total. The van der Waals surface area contributed by atoms with Crippen molar-refractivity contribution in [3.63, 3.8) is 0 Å². The van der Waals surface area contributed by atoms with Gasteiger partial charge in [0.05, 0.1) is 17.7 Å². The lowest BCUT2D eigenvalue weighted by Gasteiger charge is -2.13. The number of nitrogens with one attached hydrogen (secondary N) is 1. The number of ether oxygens (including phenoxy) is 1. The molecule has 4 rings (SSSR count). The Morgan fingerprint density at radius 3 is 2.77 bits per heavy atom. The van der Waals surface area contributed by atoms with E-state index in [1.54, 1.807) is 12.1 Å². The van der Waals surface area contributed by atoms with Crippen molar-refractivity contribution in [1.29, 1.82) is 5.26 Å². The van der Waals surface area contributed by atoms with E-state index >= 15 is 0 Å². The molecule has 8 heteroatoms. The van der Waals surface area contributed by atoms with Crippen LogP contribution < -0.4 is 10.1 Å². The lowest BCUT2D eigenvalue weighted by molar-refractivity contribution is 0.190. The van der Waals surface area contributed by atoms with Gasteiger partial charge in [0, 0.05) is 11.1 Å². The molecule has 158 valence electrons. The van der Waals surface area contributed by atoms with Crippen molar-refractivity contribution >= 4 is 17.4 Å². The fourth-order valence-corrected chi connectivity index (χ4v) is 4.94. The lowest BCUT2D eigenvalue weighted by Crippen LogP contribution is -2.24. The average molecular weight is 435 g/mol. The topological polar surface area (TPSA) is 108 Å². The van der Waals surface area contributed by atoms with Crippen molar-refractivity contribution in [2.75, 3.05) is 0 Å². The van der Waals surface area contributed by atoms with E-state index in [4.69, 9.17) is 9.84 Å². The number of carboxylic acid groups (broad SMARTS) is 1. The molecular weight excluding hydrogens is 412 g/mol. The van der Waals surface area contributed by atoms with Crippen LogP contribution in [0, 0.1) is 18.3 Å². The number of benzene rings is 2. The maximum atomic E-state index is 11.1. The van der Waals surface area contributed by atoms with Crippen LogP contribution in [-0.2, 0) is 6.42 Å². The Labute approximate surface area is 184 Å².